The largest absolute Gasteiger partial charge is 0.318 e. The van der Waals surface area contributed by atoms with Crippen molar-refractivity contribution in [1.29, 1.82) is 0 Å². The van der Waals surface area contributed by atoms with Crippen LogP contribution < -0.4 is 5.32 Å². The van der Waals surface area contributed by atoms with E-state index < -0.39 is 0 Å². The summed E-state index contributed by atoms with van der Waals surface area (Å²) in [6, 6.07) is 11.4. The molecule has 0 amide bonds. The highest BCUT2D eigenvalue weighted by Crippen LogP contribution is 2.32. The van der Waals surface area contributed by atoms with Gasteiger partial charge < -0.3 is 5.32 Å². The number of rotatable bonds is 7. The van der Waals surface area contributed by atoms with E-state index >= 15 is 0 Å². The van der Waals surface area contributed by atoms with E-state index in [1.807, 2.05) is 7.05 Å². The summed E-state index contributed by atoms with van der Waals surface area (Å²) in [7, 11) is 2.04. The fraction of sp³-hybridized carbons (Fsp3) is 0.600. The van der Waals surface area contributed by atoms with Gasteiger partial charge in [0.25, 0.3) is 0 Å². The van der Waals surface area contributed by atoms with Crippen molar-refractivity contribution in [2.75, 3.05) is 26.7 Å². The smallest absolute Gasteiger partial charge is 0.0472 e. The first-order chi connectivity index (χ1) is 8.35. The third-order valence-corrected chi connectivity index (χ3v) is 3.62. The van der Waals surface area contributed by atoms with Crippen LogP contribution in [0, 0.1) is 5.92 Å². The lowest BCUT2D eigenvalue weighted by Gasteiger charge is -2.31. The Labute approximate surface area is 105 Å². The van der Waals surface area contributed by atoms with Gasteiger partial charge in [0.1, 0.15) is 0 Å². The molecule has 1 unspecified atom stereocenters. The summed E-state index contributed by atoms with van der Waals surface area (Å²) in [4.78, 5) is 2.61. The minimum atomic E-state index is 0.520. The molecule has 1 aliphatic rings. The fourth-order valence-corrected chi connectivity index (χ4v) is 2.44. The molecule has 1 aliphatic carbocycles. The topological polar surface area (TPSA) is 15.3 Å². The summed E-state index contributed by atoms with van der Waals surface area (Å²) in [6.45, 7) is 5.70. The molecule has 1 fully saturated rings. The predicted octanol–water partition coefficient (Wildman–Crippen LogP) is 2.68. The quantitative estimate of drug-likeness (QED) is 0.777. The van der Waals surface area contributed by atoms with Crippen molar-refractivity contribution in [3.05, 3.63) is 35.9 Å². The molecule has 0 aliphatic heterocycles. The van der Waals surface area contributed by atoms with E-state index in [9.17, 15) is 0 Å². The van der Waals surface area contributed by atoms with E-state index in [-0.39, 0.29) is 0 Å². The monoisotopic (exact) mass is 232 g/mol. The Hall–Kier alpha value is -0.860. The maximum atomic E-state index is 3.33. The van der Waals surface area contributed by atoms with Gasteiger partial charge in [-0.05, 0) is 37.9 Å². The Morgan fingerprint density at radius 3 is 2.53 bits per heavy atom. The van der Waals surface area contributed by atoms with Crippen LogP contribution in [0.15, 0.2) is 30.3 Å². The van der Waals surface area contributed by atoms with Gasteiger partial charge in [0, 0.05) is 19.1 Å². The van der Waals surface area contributed by atoms with Crippen LogP contribution in [0.25, 0.3) is 0 Å². The van der Waals surface area contributed by atoms with Crippen LogP contribution in [0.4, 0.5) is 0 Å². The van der Waals surface area contributed by atoms with Gasteiger partial charge in [-0.25, -0.2) is 0 Å². The van der Waals surface area contributed by atoms with Crippen molar-refractivity contribution in [3.63, 3.8) is 0 Å². The Morgan fingerprint density at radius 2 is 2.00 bits per heavy atom. The first-order valence-corrected chi connectivity index (χ1v) is 6.78. The Kier molecular flexibility index (Phi) is 4.57. The summed E-state index contributed by atoms with van der Waals surface area (Å²) in [6.07, 6.45) is 2.86. The van der Waals surface area contributed by atoms with E-state index in [2.05, 4.69) is 47.5 Å². The van der Waals surface area contributed by atoms with Gasteiger partial charge in [0.2, 0.25) is 0 Å². The SMILES string of the molecule is CCN(CC1CC1)C(CNC)c1ccccc1. The average Bonchev–Trinajstić information content (AvgIpc) is 3.18. The number of hydrogen-bond donors (Lipinski definition) is 1. The van der Waals surface area contributed by atoms with Gasteiger partial charge in [-0.3, -0.25) is 4.90 Å². The summed E-state index contributed by atoms with van der Waals surface area (Å²) < 4.78 is 0. The normalized spacial score (nSPS) is 17.4. The van der Waals surface area contributed by atoms with Crippen LogP contribution >= 0.6 is 0 Å². The molecule has 2 heteroatoms. The Bertz CT molecular complexity index is 319. The first kappa shape index (κ1) is 12.6. The molecule has 0 spiro atoms. The van der Waals surface area contributed by atoms with Gasteiger partial charge >= 0.3 is 0 Å². The highest BCUT2D eigenvalue weighted by atomic mass is 15.2. The first-order valence-electron chi connectivity index (χ1n) is 6.78. The van der Waals surface area contributed by atoms with Gasteiger partial charge in [0.15, 0.2) is 0 Å². The van der Waals surface area contributed by atoms with E-state index in [4.69, 9.17) is 0 Å². The zero-order valence-corrected chi connectivity index (χ0v) is 11.0. The fourth-order valence-electron chi connectivity index (χ4n) is 2.44. The van der Waals surface area contributed by atoms with Gasteiger partial charge in [0.05, 0.1) is 0 Å². The minimum absolute atomic E-state index is 0.520. The lowest BCUT2D eigenvalue weighted by atomic mass is 10.0. The molecular formula is C15H24N2. The van der Waals surface area contributed by atoms with Gasteiger partial charge in [-0.2, -0.15) is 0 Å². The molecule has 0 aromatic heterocycles. The number of nitrogens with one attached hydrogen (secondary N) is 1. The molecule has 0 saturated heterocycles. The third kappa shape index (κ3) is 3.55. The molecule has 2 rings (SSSR count). The minimum Gasteiger partial charge on any atom is -0.318 e. The number of benzene rings is 1. The molecule has 0 bridgehead atoms. The molecular weight excluding hydrogens is 208 g/mol. The van der Waals surface area contributed by atoms with Crippen molar-refractivity contribution in [2.24, 2.45) is 5.92 Å². The second kappa shape index (κ2) is 6.18. The Balaban J connectivity index is 2.08. The number of hydrogen-bond acceptors (Lipinski definition) is 2. The second-order valence-corrected chi connectivity index (χ2v) is 5.02. The highest BCUT2D eigenvalue weighted by molar-refractivity contribution is 5.19. The maximum Gasteiger partial charge on any atom is 0.0472 e. The molecule has 94 valence electrons. The van der Waals surface area contributed by atoms with Crippen molar-refractivity contribution >= 4 is 0 Å². The molecule has 1 N–H and O–H groups in total. The molecule has 1 atom stereocenters. The third-order valence-electron chi connectivity index (χ3n) is 3.62. The van der Waals surface area contributed by atoms with Crippen LogP contribution in [-0.2, 0) is 0 Å². The van der Waals surface area contributed by atoms with Crippen molar-refractivity contribution in [3.8, 4) is 0 Å². The predicted molar refractivity (Wildman–Crippen MR) is 73.1 cm³/mol. The zero-order valence-electron chi connectivity index (χ0n) is 11.0. The highest BCUT2D eigenvalue weighted by Gasteiger charge is 2.27. The van der Waals surface area contributed by atoms with E-state index in [0.29, 0.717) is 6.04 Å². The molecule has 2 nitrogen and oxygen atoms in total. The summed E-state index contributed by atoms with van der Waals surface area (Å²) >= 11 is 0. The molecule has 1 aromatic rings. The molecule has 1 aromatic carbocycles. The van der Waals surface area contributed by atoms with Crippen LogP contribution in [-0.4, -0.2) is 31.6 Å². The van der Waals surface area contributed by atoms with Gasteiger partial charge in [-0.15, -0.1) is 0 Å². The summed E-state index contributed by atoms with van der Waals surface area (Å²) in [5.74, 6) is 0.956. The van der Waals surface area contributed by atoms with E-state index in [1.165, 1.54) is 24.9 Å². The van der Waals surface area contributed by atoms with Crippen LogP contribution in [0.2, 0.25) is 0 Å². The Morgan fingerprint density at radius 1 is 1.29 bits per heavy atom. The number of nitrogens with zero attached hydrogens (tertiary/aromatic N) is 1. The van der Waals surface area contributed by atoms with Crippen molar-refractivity contribution < 1.29 is 0 Å². The molecule has 17 heavy (non-hydrogen) atoms. The van der Waals surface area contributed by atoms with E-state index in [1.54, 1.807) is 0 Å². The lowest BCUT2D eigenvalue weighted by molar-refractivity contribution is 0.196. The molecule has 1 saturated carbocycles. The standard InChI is InChI=1S/C15H24N2/c1-3-17(12-13-9-10-13)15(11-16-2)14-7-5-4-6-8-14/h4-8,13,15-16H,3,9-12H2,1-2H3. The zero-order chi connectivity index (χ0) is 12.1. The number of likely N-dealkylation sites (N-methyl/N-ethyl adjacent to an activating group) is 2. The van der Waals surface area contributed by atoms with E-state index in [0.717, 1.165) is 19.0 Å². The van der Waals surface area contributed by atoms with Gasteiger partial charge in [-0.1, -0.05) is 37.3 Å². The second-order valence-electron chi connectivity index (χ2n) is 5.02. The van der Waals surface area contributed by atoms with Crippen molar-refractivity contribution in [2.45, 2.75) is 25.8 Å². The lowest BCUT2D eigenvalue weighted by Crippen LogP contribution is -2.36. The van der Waals surface area contributed by atoms with Crippen LogP contribution in [0.3, 0.4) is 0 Å². The maximum absolute atomic E-state index is 3.33. The molecule has 0 radical (unpaired) electrons. The molecule has 0 heterocycles. The van der Waals surface area contributed by atoms with Crippen molar-refractivity contribution in [1.82, 2.24) is 10.2 Å². The summed E-state index contributed by atoms with van der Waals surface area (Å²) in [5, 5.41) is 3.33. The van der Waals surface area contributed by atoms with Crippen LogP contribution in [0.5, 0.6) is 0 Å². The summed E-state index contributed by atoms with van der Waals surface area (Å²) in [5.41, 5.74) is 1.43. The van der Waals surface area contributed by atoms with Crippen LogP contribution in [0.1, 0.15) is 31.4 Å². The average molecular weight is 232 g/mol.